The first-order valence-electron chi connectivity index (χ1n) is 8.26. The molecule has 26 heavy (non-hydrogen) atoms. The lowest BCUT2D eigenvalue weighted by Crippen LogP contribution is -2.39. The van der Waals surface area contributed by atoms with Gasteiger partial charge in [-0.3, -0.25) is 0 Å². The van der Waals surface area contributed by atoms with Crippen LogP contribution in [0.5, 0.6) is 0 Å². The molecule has 0 saturated carbocycles. The zero-order valence-corrected chi connectivity index (χ0v) is 18.5. The van der Waals surface area contributed by atoms with Gasteiger partial charge in [-0.05, 0) is 46.1 Å². The molecule has 2 aromatic rings. The fourth-order valence-corrected chi connectivity index (χ4v) is 2.63. The van der Waals surface area contributed by atoms with Crippen molar-refractivity contribution in [3.63, 3.8) is 0 Å². The molecule has 0 aliphatic rings. The maximum Gasteiger partial charge on any atom is 0.191 e. The minimum absolute atomic E-state index is 0. The second-order valence-electron chi connectivity index (χ2n) is 5.61. The Labute approximate surface area is 179 Å². The highest BCUT2D eigenvalue weighted by molar-refractivity contribution is 14.0. The molecule has 0 saturated heterocycles. The summed E-state index contributed by atoms with van der Waals surface area (Å²) in [5, 5.41) is 16.0. The highest BCUT2D eigenvalue weighted by atomic mass is 127. The highest BCUT2D eigenvalue weighted by Crippen LogP contribution is 2.17. The first-order chi connectivity index (χ1) is 12.1. The van der Waals surface area contributed by atoms with E-state index in [9.17, 15) is 9.50 Å². The van der Waals surface area contributed by atoms with E-state index in [1.54, 1.807) is 6.07 Å². The summed E-state index contributed by atoms with van der Waals surface area (Å²) in [6, 6.07) is 14.8. The van der Waals surface area contributed by atoms with E-state index in [4.69, 9.17) is 0 Å². The lowest BCUT2D eigenvalue weighted by Gasteiger charge is -2.18. The van der Waals surface area contributed by atoms with Gasteiger partial charge in [-0.25, -0.2) is 9.38 Å². The largest absolute Gasteiger partial charge is 0.396 e. The molecule has 0 heterocycles. The van der Waals surface area contributed by atoms with Gasteiger partial charge in [-0.2, -0.15) is 0 Å². The Morgan fingerprint density at radius 3 is 2.54 bits per heavy atom. The molecule has 7 heteroatoms. The van der Waals surface area contributed by atoms with E-state index in [2.05, 4.69) is 31.6 Å². The Kier molecular flexibility index (Phi) is 10.8. The van der Waals surface area contributed by atoms with E-state index in [1.165, 1.54) is 6.07 Å². The topological polar surface area (TPSA) is 56.7 Å². The van der Waals surface area contributed by atoms with E-state index in [0.717, 1.165) is 17.7 Å². The minimum atomic E-state index is -0.296. The summed E-state index contributed by atoms with van der Waals surface area (Å²) >= 11 is 3.15. The standard InChI is InChI=1S/C19H23BrFN3O.HI/c1-2-22-19(23-11-14-8-9-17(20)18(21)10-14)24-12-16(13-25)15-6-4-3-5-7-15;/h3-10,16,25H,2,11-13H2,1H3,(H2,22,23,24);1H. The average Bonchev–Trinajstić information content (AvgIpc) is 2.63. The highest BCUT2D eigenvalue weighted by Gasteiger charge is 2.10. The van der Waals surface area contributed by atoms with Crippen molar-refractivity contribution >= 4 is 45.9 Å². The predicted molar refractivity (Wildman–Crippen MR) is 119 cm³/mol. The Balaban J connectivity index is 0.00000338. The van der Waals surface area contributed by atoms with E-state index in [-0.39, 0.29) is 42.3 Å². The van der Waals surface area contributed by atoms with Crippen LogP contribution in [0.2, 0.25) is 0 Å². The molecule has 0 amide bonds. The molecule has 2 rings (SSSR count). The summed E-state index contributed by atoms with van der Waals surface area (Å²) in [4.78, 5) is 4.49. The molecule has 0 spiro atoms. The lowest BCUT2D eigenvalue weighted by molar-refractivity contribution is 0.265. The van der Waals surface area contributed by atoms with Gasteiger partial charge in [0.2, 0.25) is 0 Å². The Hall–Kier alpha value is -1.19. The van der Waals surface area contributed by atoms with Crippen LogP contribution >= 0.6 is 39.9 Å². The summed E-state index contributed by atoms with van der Waals surface area (Å²) in [7, 11) is 0. The molecule has 0 aliphatic heterocycles. The van der Waals surface area contributed by atoms with Crippen LogP contribution in [0, 0.1) is 5.82 Å². The van der Waals surface area contributed by atoms with Crippen LogP contribution in [0.1, 0.15) is 24.0 Å². The summed E-state index contributed by atoms with van der Waals surface area (Å²) in [5.74, 6) is 0.325. The molecular weight excluding hydrogens is 512 g/mol. The summed E-state index contributed by atoms with van der Waals surface area (Å²) in [6.45, 7) is 3.68. The molecule has 2 aromatic carbocycles. The Bertz CT molecular complexity index is 700. The summed E-state index contributed by atoms with van der Waals surface area (Å²) in [6.07, 6.45) is 0. The number of aliphatic imine (C=N–C) groups is 1. The number of hydrogen-bond donors (Lipinski definition) is 3. The third-order valence-corrected chi connectivity index (χ3v) is 4.40. The van der Waals surface area contributed by atoms with Gasteiger partial charge in [-0.15, -0.1) is 24.0 Å². The van der Waals surface area contributed by atoms with Crippen molar-refractivity contribution in [1.82, 2.24) is 10.6 Å². The molecule has 1 unspecified atom stereocenters. The number of aliphatic hydroxyl groups is 1. The van der Waals surface area contributed by atoms with Crippen molar-refractivity contribution in [2.24, 2.45) is 4.99 Å². The predicted octanol–water partition coefficient (Wildman–Crippen LogP) is 4.04. The second kappa shape index (κ2) is 12.2. The molecule has 0 fully saturated rings. The number of guanidine groups is 1. The number of hydrogen-bond acceptors (Lipinski definition) is 2. The third-order valence-electron chi connectivity index (χ3n) is 3.76. The number of rotatable bonds is 7. The Morgan fingerprint density at radius 2 is 1.92 bits per heavy atom. The molecule has 0 aromatic heterocycles. The fourth-order valence-electron chi connectivity index (χ4n) is 2.38. The molecule has 0 radical (unpaired) electrons. The molecule has 0 bridgehead atoms. The summed E-state index contributed by atoms with van der Waals surface area (Å²) in [5.41, 5.74) is 1.86. The first kappa shape index (κ1) is 22.9. The maximum atomic E-state index is 13.6. The van der Waals surface area contributed by atoms with Crippen molar-refractivity contribution in [2.45, 2.75) is 19.4 Å². The fraction of sp³-hybridized carbons (Fsp3) is 0.316. The first-order valence-corrected chi connectivity index (χ1v) is 9.05. The zero-order valence-electron chi connectivity index (χ0n) is 14.6. The van der Waals surface area contributed by atoms with Crippen LogP contribution < -0.4 is 10.6 Å². The molecular formula is C19H24BrFIN3O. The van der Waals surface area contributed by atoms with Gasteiger partial charge >= 0.3 is 0 Å². The van der Waals surface area contributed by atoms with Crippen LogP contribution in [0.25, 0.3) is 0 Å². The summed E-state index contributed by atoms with van der Waals surface area (Å²) < 4.78 is 14.0. The quantitative estimate of drug-likeness (QED) is 0.285. The number of aliphatic hydroxyl groups excluding tert-OH is 1. The van der Waals surface area contributed by atoms with Crippen LogP contribution in [-0.4, -0.2) is 30.8 Å². The van der Waals surface area contributed by atoms with Crippen LogP contribution in [-0.2, 0) is 6.54 Å². The van der Waals surface area contributed by atoms with E-state index in [1.807, 2.05) is 43.3 Å². The van der Waals surface area contributed by atoms with Gasteiger partial charge in [0.1, 0.15) is 5.82 Å². The van der Waals surface area contributed by atoms with Crippen LogP contribution in [0.3, 0.4) is 0 Å². The lowest BCUT2D eigenvalue weighted by atomic mass is 10.0. The van der Waals surface area contributed by atoms with Crippen LogP contribution in [0.4, 0.5) is 4.39 Å². The smallest absolute Gasteiger partial charge is 0.191 e. The van der Waals surface area contributed by atoms with Gasteiger partial charge in [-0.1, -0.05) is 36.4 Å². The second-order valence-corrected chi connectivity index (χ2v) is 6.47. The average molecular weight is 536 g/mol. The van der Waals surface area contributed by atoms with Crippen molar-refractivity contribution < 1.29 is 9.50 Å². The van der Waals surface area contributed by atoms with Crippen molar-refractivity contribution in [1.29, 1.82) is 0 Å². The minimum Gasteiger partial charge on any atom is -0.396 e. The zero-order chi connectivity index (χ0) is 18.1. The van der Waals surface area contributed by atoms with Crippen molar-refractivity contribution in [3.8, 4) is 0 Å². The molecule has 3 N–H and O–H groups in total. The number of benzene rings is 2. The SMILES string of the molecule is CCNC(=NCc1ccc(Br)c(F)c1)NCC(CO)c1ccccc1.I. The van der Waals surface area contributed by atoms with Gasteiger partial charge in [0.25, 0.3) is 0 Å². The molecule has 4 nitrogen and oxygen atoms in total. The van der Waals surface area contributed by atoms with Gasteiger partial charge in [0.15, 0.2) is 5.96 Å². The van der Waals surface area contributed by atoms with Gasteiger partial charge in [0.05, 0.1) is 17.6 Å². The molecule has 0 aliphatic carbocycles. The van der Waals surface area contributed by atoms with E-state index >= 15 is 0 Å². The number of nitrogens with zero attached hydrogens (tertiary/aromatic N) is 1. The van der Waals surface area contributed by atoms with Gasteiger partial charge < -0.3 is 15.7 Å². The van der Waals surface area contributed by atoms with Crippen molar-refractivity contribution in [2.75, 3.05) is 19.7 Å². The monoisotopic (exact) mass is 535 g/mol. The molecule has 142 valence electrons. The number of nitrogens with one attached hydrogen (secondary N) is 2. The van der Waals surface area contributed by atoms with Crippen molar-refractivity contribution in [3.05, 3.63) is 69.9 Å². The van der Waals surface area contributed by atoms with E-state index < -0.39 is 0 Å². The Morgan fingerprint density at radius 1 is 1.19 bits per heavy atom. The van der Waals surface area contributed by atoms with E-state index in [0.29, 0.717) is 23.5 Å². The maximum absolute atomic E-state index is 13.6. The third kappa shape index (κ3) is 7.20. The molecule has 1 atom stereocenters. The van der Waals surface area contributed by atoms with Gasteiger partial charge in [0, 0.05) is 19.0 Å². The normalized spacial score (nSPS) is 12.2. The number of halogens is 3. The van der Waals surface area contributed by atoms with Crippen LogP contribution in [0.15, 0.2) is 58.0 Å².